The molecule has 1 heterocycles. The zero-order valence-corrected chi connectivity index (χ0v) is 11.4. The number of aromatic nitrogens is 1. The SMILES string of the molecule is CCCCC(CN)N(C)Cc1csc(C)n1. The third kappa shape index (κ3) is 4.20. The molecule has 0 bridgehead atoms. The Morgan fingerprint density at radius 3 is 2.81 bits per heavy atom. The molecule has 0 saturated heterocycles. The summed E-state index contributed by atoms with van der Waals surface area (Å²) in [5.74, 6) is 0. The van der Waals surface area contributed by atoms with Gasteiger partial charge in [-0.1, -0.05) is 19.8 Å². The van der Waals surface area contributed by atoms with Crippen LogP contribution in [0, 0.1) is 6.92 Å². The van der Waals surface area contributed by atoms with Crippen molar-refractivity contribution in [2.24, 2.45) is 5.73 Å². The van der Waals surface area contributed by atoms with Crippen LogP contribution >= 0.6 is 11.3 Å². The lowest BCUT2D eigenvalue weighted by Gasteiger charge is -2.26. The van der Waals surface area contributed by atoms with Gasteiger partial charge in [-0.2, -0.15) is 0 Å². The Balaban J connectivity index is 2.45. The molecule has 0 aliphatic carbocycles. The smallest absolute Gasteiger partial charge is 0.0897 e. The van der Waals surface area contributed by atoms with Crippen LogP contribution in [0.3, 0.4) is 0 Å². The van der Waals surface area contributed by atoms with E-state index in [2.05, 4.69) is 29.2 Å². The average molecular weight is 241 g/mol. The minimum atomic E-state index is 0.488. The Labute approximate surface area is 103 Å². The molecule has 0 saturated carbocycles. The first-order valence-corrected chi connectivity index (χ1v) is 6.86. The van der Waals surface area contributed by atoms with E-state index in [0.717, 1.165) is 18.1 Å². The van der Waals surface area contributed by atoms with Gasteiger partial charge in [0, 0.05) is 24.5 Å². The van der Waals surface area contributed by atoms with Gasteiger partial charge in [-0.05, 0) is 20.4 Å². The molecule has 92 valence electrons. The molecule has 0 spiro atoms. The number of rotatable bonds is 7. The number of unbranched alkanes of at least 4 members (excludes halogenated alkanes) is 1. The van der Waals surface area contributed by atoms with Crippen LogP contribution in [0.1, 0.15) is 36.9 Å². The number of aryl methyl sites for hydroxylation is 1. The lowest BCUT2D eigenvalue weighted by atomic mass is 10.1. The number of thiazole rings is 1. The number of nitrogens with two attached hydrogens (primary N) is 1. The van der Waals surface area contributed by atoms with Crippen molar-refractivity contribution in [2.75, 3.05) is 13.6 Å². The second-order valence-corrected chi connectivity index (χ2v) is 5.37. The van der Waals surface area contributed by atoms with Crippen LogP contribution in [0.2, 0.25) is 0 Å². The molecular formula is C12H23N3S. The maximum Gasteiger partial charge on any atom is 0.0897 e. The van der Waals surface area contributed by atoms with Gasteiger partial charge in [0.25, 0.3) is 0 Å². The second kappa shape index (κ2) is 6.99. The van der Waals surface area contributed by atoms with E-state index < -0.39 is 0 Å². The van der Waals surface area contributed by atoms with Gasteiger partial charge in [-0.25, -0.2) is 4.98 Å². The molecule has 4 heteroatoms. The summed E-state index contributed by atoms with van der Waals surface area (Å²) in [6.45, 7) is 5.92. The summed E-state index contributed by atoms with van der Waals surface area (Å²) in [4.78, 5) is 6.81. The molecule has 1 atom stereocenters. The average Bonchev–Trinajstić information content (AvgIpc) is 2.65. The molecule has 1 rings (SSSR count). The molecule has 0 radical (unpaired) electrons. The standard InChI is InChI=1S/C12H23N3S/c1-4-5-6-12(7-13)15(3)8-11-9-16-10(2)14-11/h9,12H,4-8,13H2,1-3H3. The molecule has 1 aromatic heterocycles. The summed E-state index contributed by atoms with van der Waals surface area (Å²) in [7, 11) is 2.14. The first kappa shape index (κ1) is 13.6. The Bertz CT molecular complexity index is 298. The van der Waals surface area contributed by atoms with Crippen molar-refractivity contribution in [3.05, 3.63) is 16.1 Å². The maximum atomic E-state index is 5.81. The summed E-state index contributed by atoms with van der Waals surface area (Å²) < 4.78 is 0. The third-order valence-corrected chi connectivity index (χ3v) is 3.69. The molecule has 0 aliphatic rings. The Morgan fingerprint density at radius 1 is 1.56 bits per heavy atom. The predicted molar refractivity (Wildman–Crippen MR) is 70.7 cm³/mol. The van der Waals surface area contributed by atoms with E-state index in [1.54, 1.807) is 11.3 Å². The van der Waals surface area contributed by atoms with E-state index in [4.69, 9.17) is 5.73 Å². The summed E-state index contributed by atoms with van der Waals surface area (Å²) in [6.07, 6.45) is 3.68. The number of nitrogens with zero attached hydrogens (tertiary/aromatic N) is 2. The predicted octanol–water partition coefficient (Wildman–Crippen LogP) is 2.40. The lowest BCUT2D eigenvalue weighted by Crippen LogP contribution is -2.37. The molecule has 3 nitrogen and oxygen atoms in total. The van der Waals surface area contributed by atoms with Gasteiger partial charge in [0.2, 0.25) is 0 Å². The van der Waals surface area contributed by atoms with Gasteiger partial charge in [-0.15, -0.1) is 11.3 Å². The van der Waals surface area contributed by atoms with Crippen LogP contribution < -0.4 is 5.73 Å². The van der Waals surface area contributed by atoms with Crippen molar-refractivity contribution in [3.8, 4) is 0 Å². The van der Waals surface area contributed by atoms with Crippen LogP contribution in [0.5, 0.6) is 0 Å². The van der Waals surface area contributed by atoms with E-state index in [0.29, 0.717) is 6.04 Å². The van der Waals surface area contributed by atoms with Gasteiger partial charge in [0.15, 0.2) is 0 Å². The Morgan fingerprint density at radius 2 is 2.31 bits per heavy atom. The molecule has 2 N–H and O–H groups in total. The summed E-state index contributed by atoms with van der Waals surface area (Å²) in [5, 5.41) is 3.28. The monoisotopic (exact) mass is 241 g/mol. The highest BCUT2D eigenvalue weighted by Crippen LogP contribution is 2.13. The van der Waals surface area contributed by atoms with E-state index in [1.807, 2.05) is 6.92 Å². The van der Waals surface area contributed by atoms with Crippen LogP contribution in [0.25, 0.3) is 0 Å². The first-order chi connectivity index (χ1) is 7.67. The van der Waals surface area contributed by atoms with E-state index >= 15 is 0 Å². The molecule has 1 unspecified atom stereocenters. The van der Waals surface area contributed by atoms with Crippen molar-refractivity contribution in [1.29, 1.82) is 0 Å². The molecule has 0 aromatic carbocycles. The molecule has 1 aromatic rings. The number of hydrogen-bond acceptors (Lipinski definition) is 4. The molecule has 16 heavy (non-hydrogen) atoms. The van der Waals surface area contributed by atoms with Crippen LogP contribution in [0.4, 0.5) is 0 Å². The van der Waals surface area contributed by atoms with Gasteiger partial charge in [-0.3, -0.25) is 4.90 Å². The quantitative estimate of drug-likeness (QED) is 0.797. The van der Waals surface area contributed by atoms with E-state index in [9.17, 15) is 0 Å². The van der Waals surface area contributed by atoms with Crippen LogP contribution in [-0.2, 0) is 6.54 Å². The highest BCUT2D eigenvalue weighted by atomic mass is 32.1. The highest BCUT2D eigenvalue weighted by molar-refractivity contribution is 7.09. The second-order valence-electron chi connectivity index (χ2n) is 4.30. The van der Waals surface area contributed by atoms with Crippen LogP contribution in [-0.4, -0.2) is 29.5 Å². The topological polar surface area (TPSA) is 42.1 Å². The van der Waals surface area contributed by atoms with Crippen molar-refractivity contribution in [3.63, 3.8) is 0 Å². The molecular weight excluding hydrogens is 218 g/mol. The first-order valence-electron chi connectivity index (χ1n) is 5.98. The van der Waals surface area contributed by atoms with Crippen LogP contribution in [0.15, 0.2) is 5.38 Å². The number of likely N-dealkylation sites (N-methyl/N-ethyl adjacent to an activating group) is 1. The summed E-state index contributed by atoms with van der Waals surface area (Å²) >= 11 is 1.71. The largest absolute Gasteiger partial charge is 0.329 e. The van der Waals surface area contributed by atoms with Gasteiger partial charge >= 0.3 is 0 Å². The Kier molecular flexibility index (Phi) is 5.95. The third-order valence-electron chi connectivity index (χ3n) is 2.86. The number of hydrogen-bond donors (Lipinski definition) is 1. The lowest BCUT2D eigenvalue weighted by molar-refractivity contribution is 0.221. The molecule has 0 amide bonds. The summed E-state index contributed by atoms with van der Waals surface area (Å²) in [5.41, 5.74) is 6.98. The zero-order valence-electron chi connectivity index (χ0n) is 10.6. The minimum Gasteiger partial charge on any atom is -0.329 e. The Hall–Kier alpha value is -0.450. The van der Waals surface area contributed by atoms with Gasteiger partial charge in [0.1, 0.15) is 0 Å². The molecule has 0 aliphatic heterocycles. The fourth-order valence-electron chi connectivity index (χ4n) is 1.82. The molecule has 0 fully saturated rings. The van der Waals surface area contributed by atoms with E-state index in [-0.39, 0.29) is 0 Å². The minimum absolute atomic E-state index is 0.488. The highest BCUT2D eigenvalue weighted by Gasteiger charge is 2.13. The van der Waals surface area contributed by atoms with Crippen molar-refractivity contribution in [2.45, 2.75) is 45.7 Å². The van der Waals surface area contributed by atoms with Crippen molar-refractivity contribution >= 4 is 11.3 Å². The van der Waals surface area contributed by atoms with Crippen molar-refractivity contribution < 1.29 is 0 Å². The zero-order chi connectivity index (χ0) is 12.0. The van der Waals surface area contributed by atoms with Gasteiger partial charge in [0.05, 0.1) is 10.7 Å². The maximum absolute atomic E-state index is 5.81. The van der Waals surface area contributed by atoms with Crippen molar-refractivity contribution in [1.82, 2.24) is 9.88 Å². The van der Waals surface area contributed by atoms with Gasteiger partial charge < -0.3 is 5.73 Å². The summed E-state index contributed by atoms with van der Waals surface area (Å²) in [6, 6.07) is 0.488. The fraction of sp³-hybridized carbons (Fsp3) is 0.750. The normalized spacial score (nSPS) is 13.3. The fourth-order valence-corrected chi connectivity index (χ4v) is 2.43. The van der Waals surface area contributed by atoms with E-state index in [1.165, 1.54) is 25.0 Å².